The van der Waals surface area contributed by atoms with Crippen LogP contribution in [-0.4, -0.2) is 23.2 Å². The molecular weight excluding hydrogens is 206 g/mol. The van der Waals surface area contributed by atoms with Crippen LogP contribution in [0, 0.1) is 6.26 Å². The van der Waals surface area contributed by atoms with Crippen LogP contribution in [0.2, 0.25) is 0 Å². The van der Waals surface area contributed by atoms with E-state index in [0.717, 1.165) is 11.8 Å². The van der Waals surface area contributed by atoms with Gasteiger partial charge in [0.05, 0.1) is 6.26 Å². The second-order valence-electron chi connectivity index (χ2n) is 1.89. The molecule has 1 rings (SSSR count). The zero-order valence-electron chi connectivity index (χ0n) is 5.23. The second-order valence-corrected chi connectivity index (χ2v) is 5.77. The van der Waals surface area contributed by atoms with Crippen molar-refractivity contribution in [2.24, 2.45) is 0 Å². The Balaban J connectivity index is 2.94. The molecule has 1 radical (unpaired) electrons. The van der Waals surface area contributed by atoms with Crippen molar-refractivity contribution in [3.8, 4) is 0 Å². The van der Waals surface area contributed by atoms with Crippen LogP contribution in [0.5, 0.6) is 0 Å². The summed E-state index contributed by atoms with van der Waals surface area (Å²) in [6, 6.07) is 0. The molecule has 7 heteroatoms. The molecule has 1 aliphatic heterocycles. The first-order chi connectivity index (χ1) is 4.91. The smallest absolute Gasteiger partial charge is 0.254 e. The molecule has 0 aromatic heterocycles. The van der Waals surface area contributed by atoms with E-state index in [2.05, 4.69) is 23.8 Å². The summed E-state index contributed by atoms with van der Waals surface area (Å²) in [6.45, 7) is 0. The monoisotopic (exact) mass is 210 g/mol. The molecule has 4 nitrogen and oxygen atoms in total. The lowest BCUT2D eigenvalue weighted by Gasteiger charge is -1.99. The summed E-state index contributed by atoms with van der Waals surface area (Å²) >= 11 is 5.38. The van der Waals surface area contributed by atoms with Crippen LogP contribution in [0.4, 0.5) is 0 Å². The van der Waals surface area contributed by atoms with Gasteiger partial charge in [-0.1, -0.05) is 24.0 Å². The Morgan fingerprint density at radius 1 is 1.64 bits per heavy atom. The maximum absolute atomic E-state index is 10.8. The lowest BCUT2D eigenvalue weighted by atomic mass is 10.7. The SMILES string of the molecule is [CH2]S(=O)(=O)C1SC(=S)NC1=O. The maximum atomic E-state index is 10.8. The van der Waals surface area contributed by atoms with Gasteiger partial charge >= 0.3 is 0 Å². The number of hydrogen-bond acceptors (Lipinski definition) is 5. The number of thiocarbonyl (C=S) groups is 1. The van der Waals surface area contributed by atoms with E-state index >= 15 is 0 Å². The second kappa shape index (κ2) is 2.72. The minimum Gasteiger partial charge on any atom is -0.310 e. The van der Waals surface area contributed by atoms with E-state index in [-0.39, 0.29) is 4.32 Å². The van der Waals surface area contributed by atoms with Crippen LogP contribution in [0.25, 0.3) is 0 Å². The zero-order valence-corrected chi connectivity index (χ0v) is 7.68. The predicted octanol–water partition coefficient (Wildman–Crippen LogP) is -0.333. The zero-order chi connectivity index (χ0) is 8.65. The molecule has 1 aliphatic rings. The average molecular weight is 210 g/mol. The number of nitrogens with one attached hydrogen (secondary N) is 1. The molecule has 0 aromatic rings. The fourth-order valence-electron chi connectivity index (χ4n) is 0.576. The molecule has 1 unspecified atom stereocenters. The lowest BCUT2D eigenvalue weighted by Crippen LogP contribution is -2.28. The molecule has 1 atom stereocenters. The molecule has 0 spiro atoms. The summed E-state index contributed by atoms with van der Waals surface area (Å²) in [5.41, 5.74) is 0. The fourth-order valence-corrected chi connectivity index (χ4v) is 2.93. The Morgan fingerprint density at radius 3 is 2.36 bits per heavy atom. The van der Waals surface area contributed by atoms with E-state index < -0.39 is 20.3 Å². The quantitative estimate of drug-likeness (QED) is 0.600. The highest BCUT2D eigenvalue weighted by molar-refractivity contribution is 8.30. The van der Waals surface area contributed by atoms with Gasteiger partial charge in [-0.05, 0) is 0 Å². The van der Waals surface area contributed by atoms with Crippen LogP contribution in [-0.2, 0) is 14.6 Å². The minimum absolute atomic E-state index is 0.187. The van der Waals surface area contributed by atoms with Crippen LogP contribution in [0.3, 0.4) is 0 Å². The van der Waals surface area contributed by atoms with E-state index in [1.807, 2.05) is 0 Å². The van der Waals surface area contributed by atoms with E-state index in [1.54, 1.807) is 0 Å². The van der Waals surface area contributed by atoms with Gasteiger partial charge in [-0.3, -0.25) is 4.79 Å². The van der Waals surface area contributed by atoms with Crippen LogP contribution >= 0.6 is 24.0 Å². The molecule has 1 heterocycles. The number of carbonyl (C=O) groups is 1. The van der Waals surface area contributed by atoms with Gasteiger partial charge in [0.2, 0.25) is 0 Å². The molecule has 0 bridgehead atoms. The van der Waals surface area contributed by atoms with Gasteiger partial charge in [0.1, 0.15) is 4.32 Å². The third-order valence-electron chi connectivity index (χ3n) is 0.980. The average Bonchev–Trinajstić information content (AvgIpc) is 2.08. The van der Waals surface area contributed by atoms with Crippen molar-refractivity contribution in [2.45, 2.75) is 4.58 Å². The van der Waals surface area contributed by atoms with Crippen molar-refractivity contribution in [1.29, 1.82) is 0 Å². The van der Waals surface area contributed by atoms with Crippen molar-refractivity contribution in [3.05, 3.63) is 6.26 Å². The van der Waals surface area contributed by atoms with Gasteiger partial charge in [0.15, 0.2) is 14.4 Å². The van der Waals surface area contributed by atoms with Crippen molar-refractivity contribution >= 4 is 44.0 Å². The summed E-state index contributed by atoms with van der Waals surface area (Å²) in [5.74, 6) is -0.602. The van der Waals surface area contributed by atoms with Gasteiger partial charge in [-0.2, -0.15) is 0 Å². The molecule has 11 heavy (non-hydrogen) atoms. The van der Waals surface area contributed by atoms with Crippen LogP contribution < -0.4 is 5.32 Å². The first kappa shape index (κ1) is 8.95. The molecule has 1 N–H and O–H groups in total. The van der Waals surface area contributed by atoms with Crippen LogP contribution in [0.15, 0.2) is 0 Å². The highest BCUT2D eigenvalue weighted by Crippen LogP contribution is 2.23. The number of hydrogen-bond donors (Lipinski definition) is 1. The molecule has 0 aromatic carbocycles. The standard InChI is InChI=1S/C4H4NO3S3/c1-11(7,8)3-2(6)5-4(9)10-3/h3H,1H2,(H,5,6,9). The predicted molar refractivity (Wildman–Crippen MR) is 46.4 cm³/mol. The number of thioether (sulfide) groups is 1. The van der Waals surface area contributed by atoms with Crippen LogP contribution in [0.1, 0.15) is 0 Å². The Hall–Kier alpha value is -0.140. The Bertz CT molecular complexity index is 307. The van der Waals surface area contributed by atoms with E-state index in [1.165, 1.54) is 0 Å². The molecule has 1 fully saturated rings. The number of carbonyl (C=O) groups excluding carboxylic acids is 1. The van der Waals surface area contributed by atoms with Gasteiger partial charge in [-0.25, -0.2) is 8.42 Å². The normalized spacial score (nSPS) is 25.4. The summed E-state index contributed by atoms with van der Waals surface area (Å²) in [7, 11) is -3.57. The Kier molecular flexibility index (Phi) is 2.22. The largest absolute Gasteiger partial charge is 0.310 e. The van der Waals surface area contributed by atoms with Gasteiger partial charge in [0.25, 0.3) is 5.91 Å². The third-order valence-corrected chi connectivity index (χ3v) is 4.15. The summed E-state index contributed by atoms with van der Waals surface area (Å²) in [4.78, 5) is 10.8. The minimum atomic E-state index is -3.57. The summed E-state index contributed by atoms with van der Waals surface area (Å²) in [6.07, 6.45) is 2.87. The van der Waals surface area contributed by atoms with Crippen molar-refractivity contribution in [2.75, 3.05) is 0 Å². The lowest BCUT2D eigenvalue weighted by molar-refractivity contribution is -0.117. The number of sulfone groups is 1. The summed E-state index contributed by atoms with van der Waals surface area (Å²) in [5, 5.41) is 2.21. The summed E-state index contributed by atoms with van der Waals surface area (Å²) < 4.78 is 20.5. The molecular formula is C4H4NO3S3. The third kappa shape index (κ3) is 1.91. The Labute approximate surface area is 73.6 Å². The first-order valence-electron chi connectivity index (χ1n) is 2.49. The van der Waals surface area contributed by atoms with E-state index in [0.29, 0.717) is 0 Å². The molecule has 0 aliphatic carbocycles. The first-order valence-corrected chi connectivity index (χ1v) is 5.50. The van der Waals surface area contributed by atoms with Crippen molar-refractivity contribution < 1.29 is 13.2 Å². The fraction of sp³-hybridized carbons (Fsp3) is 0.250. The molecule has 1 saturated heterocycles. The molecule has 1 amide bonds. The van der Waals surface area contributed by atoms with Gasteiger partial charge < -0.3 is 5.32 Å². The van der Waals surface area contributed by atoms with Crippen molar-refractivity contribution in [3.63, 3.8) is 0 Å². The van der Waals surface area contributed by atoms with Gasteiger partial charge in [0, 0.05) is 0 Å². The maximum Gasteiger partial charge on any atom is 0.254 e. The Morgan fingerprint density at radius 2 is 2.18 bits per heavy atom. The number of rotatable bonds is 1. The topological polar surface area (TPSA) is 63.2 Å². The molecule has 0 saturated carbocycles. The van der Waals surface area contributed by atoms with E-state index in [4.69, 9.17) is 0 Å². The highest BCUT2D eigenvalue weighted by atomic mass is 32.3. The number of amides is 1. The van der Waals surface area contributed by atoms with Crippen molar-refractivity contribution in [1.82, 2.24) is 5.32 Å². The molecule has 61 valence electrons. The van der Waals surface area contributed by atoms with Gasteiger partial charge in [-0.15, -0.1) is 0 Å². The highest BCUT2D eigenvalue weighted by Gasteiger charge is 2.37. The van der Waals surface area contributed by atoms with E-state index in [9.17, 15) is 13.2 Å².